The summed E-state index contributed by atoms with van der Waals surface area (Å²) < 4.78 is 6.73. The smallest absolute Gasteiger partial charge is 0.294 e. The summed E-state index contributed by atoms with van der Waals surface area (Å²) in [4.78, 5) is 23.7. The van der Waals surface area contributed by atoms with Crippen molar-refractivity contribution in [2.75, 3.05) is 7.11 Å². The second kappa shape index (κ2) is 5.88. The molecule has 3 rings (SSSR count). The fourth-order valence-electron chi connectivity index (χ4n) is 2.00. The Morgan fingerprint density at radius 3 is 2.59 bits per heavy atom. The highest BCUT2D eigenvalue weighted by molar-refractivity contribution is 5.96. The number of para-hydroxylation sites is 1. The first-order valence-electron chi connectivity index (χ1n) is 6.98. The Balaban J connectivity index is 1.75. The summed E-state index contributed by atoms with van der Waals surface area (Å²) in [7, 11) is 1.46. The number of ether oxygens (including phenoxy) is 1. The lowest BCUT2D eigenvalue weighted by atomic mass is 10.3. The molecule has 2 N–H and O–H groups in total. The summed E-state index contributed by atoms with van der Waals surface area (Å²) in [5, 5.41) is 4.22. The second-order valence-electron chi connectivity index (χ2n) is 5.04. The molecule has 1 fully saturated rings. The second-order valence-corrected chi connectivity index (χ2v) is 5.04. The van der Waals surface area contributed by atoms with Crippen molar-refractivity contribution in [1.29, 1.82) is 0 Å². The molecule has 1 heterocycles. The van der Waals surface area contributed by atoms with E-state index in [1.165, 1.54) is 7.11 Å². The summed E-state index contributed by atoms with van der Waals surface area (Å²) in [6.07, 6.45) is 3.36. The molecule has 0 aliphatic heterocycles. The number of aromatic nitrogens is 2. The molecule has 1 saturated carbocycles. The fraction of sp³-hybridized carbons (Fsp3) is 0.267. The highest BCUT2D eigenvalue weighted by atomic mass is 16.5. The van der Waals surface area contributed by atoms with Crippen LogP contribution < -0.4 is 15.6 Å². The monoisotopic (exact) mass is 300 g/mol. The Labute approximate surface area is 127 Å². The van der Waals surface area contributed by atoms with Gasteiger partial charge in [0.1, 0.15) is 0 Å². The van der Waals surface area contributed by atoms with Crippen molar-refractivity contribution >= 4 is 11.8 Å². The molecular weight excluding hydrogens is 284 g/mol. The van der Waals surface area contributed by atoms with Gasteiger partial charge in [0, 0.05) is 5.92 Å². The van der Waals surface area contributed by atoms with Crippen molar-refractivity contribution in [2.45, 2.75) is 12.8 Å². The third-order valence-corrected chi connectivity index (χ3v) is 3.38. The van der Waals surface area contributed by atoms with Gasteiger partial charge in [0.05, 0.1) is 19.0 Å². The third-order valence-electron chi connectivity index (χ3n) is 3.38. The van der Waals surface area contributed by atoms with E-state index in [2.05, 4.69) is 16.0 Å². The molecular formula is C15H16N4O3. The van der Waals surface area contributed by atoms with E-state index >= 15 is 0 Å². The molecule has 1 aliphatic carbocycles. The van der Waals surface area contributed by atoms with Gasteiger partial charge in [0.2, 0.25) is 5.91 Å². The lowest BCUT2D eigenvalue weighted by Gasteiger charge is -2.05. The number of carbonyl (C=O) groups is 2. The first-order chi connectivity index (χ1) is 10.7. The Kier molecular flexibility index (Phi) is 3.78. The average molecular weight is 300 g/mol. The van der Waals surface area contributed by atoms with E-state index in [-0.39, 0.29) is 17.5 Å². The van der Waals surface area contributed by atoms with Crippen LogP contribution in [0.2, 0.25) is 0 Å². The van der Waals surface area contributed by atoms with Gasteiger partial charge in [0.25, 0.3) is 5.91 Å². The summed E-state index contributed by atoms with van der Waals surface area (Å²) >= 11 is 0. The van der Waals surface area contributed by atoms with Gasteiger partial charge in [-0.05, 0) is 25.0 Å². The van der Waals surface area contributed by atoms with Gasteiger partial charge in [-0.25, -0.2) is 4.68 Å². The summed E-state index contributed by atoms with van der Waals surface area (Å²) in [6, 6.07) is 9.37. The molecule has 1 aromatic carbocycles. The normalized spacial score (nSPS) is 13.5. The Morgan fingerprint density at radius 2 is 1.95 bits per heavy atom. The lowest BCUT2D eigenvalue weighted by Crippen LogP contribution is -2.42. The minimum atomic E-state index is -0.513. The van der Waals surface area contributed by atoms with Gasteiger partial charge in [-0.3, -0.25) is 20.4 Å². The van der Waals surface area contributed by atoms with Crippen LogP contribution in [0, 0.1) is 5.92 Å². The number of hydrazine groups is 1. The quantitative estimate of drug-likeness (QED) is 0.827. The number of amides is 2. The van der Waals surface area contributed by atoms with Crippen LogP contribution in [0.3, 0.4) is 0 Å². The van der Waals surface area contributed by atoms with Crippen LogP contribution in [-0.2, 0) is 4.79 Å². The van der Waals surface area contributed by atoms with Crippen molar-refractivity contribution in [3.63, 3.8) is 0 Å². The molecule has 0 saturated heterocycles. The highest BCUT2D eigenvalue weighted by Gasteiger charge is 2.30. The van der Waals surface area contributed by atoms with Crippen LogP contribution in [0.25, 0.3) is 5.69 Å². The predicted octanol–water partition coefficient (Wildman–Crippen LogP) is 1.05. The molecule has 2 amide bonds. The molecule has 0 bridgehead atoms. The molecule has 2 aromatic rings. The standard InChI is InChI=1S/C15H16N4O3/c1-22-12-9-19(11-5-3-2-4-6-11)18-13(12)15(21)17-16-14(20)10-7-8-10/h2-6,9-10H,7-8H2,1H3,(H,16,20)(H,17,21). The van der Waals surface area contributed by atoms with E-state index in [0.717, 1.165) is 18.5 Å². The molecule has 0 unspecified atom stereocenters. The van der Waals surface area contributed by atoms with Gasteiger partial charge in [-0.15, -0.1) is 0 Å². The number of hydrogen-bond acceptors (Lipinski definition) is 4. The van der Waals surface area contributed by atoms with Crippen molar-refractivity contribution in [3.05, 3.63) is 42.2 Å². The van der Waals surface area contributed by atoms with Crippen LogP contribution >= 0.6 is 0 Å². The highest BCUT2D eigenvalue weighted by Crippen LogP contribution is 2.28. The number of benzene rings is 1. The minimum Gasteiger partial charge on any atom is -0.493 e. The molecule has 7 nitrogen and oxygen atoms in total. The van der Waals surface area contributed by atoms with Crippen molar-refractivity contribution in [3.8, 4) is 11.4 Å². The molecule has 0 atom stereocenters. The maximum atomic E-state index is 12.1. The van der Waals surface area contributed by atoms with Crippen molar-refractivity contribution in [1.82, 2.24) is 20.6 Å². The van der Waals surface area contributed by atoms with Crippen molar-refractivity contribution in [2.24, 2.45) is 5.92 Å². The van der Waals surface area contributed by atoms with Crippen LogP contribution in [0.4, 0.5) is 0 Å². The van der Waals surface area contributed by atoms with E-state index in [9.17, 15) is 9.59 Å². The maximum absolute atomic E-state index is 12.1. The fourth-order valence-corrected chi connectivity index (χ4v) is 2.00. The summed E-state index contributed by atoms with van der Waals surface area (Å²) in [5.41, 5.74) is 5.69. The number of carbonyl (C=O) groups excluding carboxylic acids is 2. The Hall–Kier alpha value is -2.83. The molecule has 1 aliphatic rings. The summed E-state index contributed by atoms with van der Waals surface area (Å²) in [5.74, 6) is -0.332. The minimum absolute atomic E-state index is 0.0177. The van der Waals surface area contributed by atoms with Crippen LogP contribution in [0.15, 0.2) is 36.5 Å². The average Bonchev–Trinajstić information content (AvgIpc) is 3.32. The molecule has 1 aromatic heterocycles. The Bertz CT molecular complexity index is 692. The van der Waals surface area contributed by atoms with Gasteiger partial charge < -0.3 is 4.74 Å². The molecule has 0 radical (unpaired) electrons. The van der Waals surface area contributed by atoms with Crippen molar-refractivity contribution < 1.29 is 14.3 Å². The molecule has 0 spiro atoms. The topological polar surface area (TPSA) is 85.2 Å². The zero-order valence-corrected chi connectivity index (χ0v) is 12.1. The van der Waals surface area contributed by atoms with Crippen LogP contribution in [0.1, 0.15) is 23.3 Å². The molecule has 114 valence electrons. The van der Waals surface area contributed by atoms with E-state index in [1.54, 1.807) is 10.9 Å². The molecule has 7 heteroatoms. The van der Waals surface area contributed by atoms with E-state index in [4.69, 9.17) is 4.74 Å². The largest absolute Gasteiger partial charge is 0.493 e. The van der Waals surface area contributed by atoms with Gasteiger partial charge in [-0.2, -0.15) is 5.10 Å². The predicted molar refractivity (Wildman–Crippen MR) is 78.4 cm³/mol. The first-order valence-corrected chi connectivity index (χ1v) is 6.98. The number of rotatable bonds is 4. The maximum Gasteiger partial charge on any atom is 0.294 e. The number of hydrogen-bond donors (Lipinski definition) is 2. The number of nitrogens with one attached hydrogen (secondary N) is 2. The zero-order chi connectivity index (χ0) is 15.5. The van der Waals surface area contributed by atoms with Gasteiger partial charge in [0.15, 0.2) is 11.4 Å². The number of nitrogens with zero attached hydrogens (tertiary/aromatic N) is 2. The van der Waals surface area contributed by atoms with E-state index in [1.807, 2.05) is 30.3 Å². The third kappa shape index (κ3) is 2.93. The van der Waals surface area contributed by atoms with E-state index < -0.39 is 5.91 Å². The lowest BCUT2D eigenvalue weighted by molar-refractivity contribution is -0.123. The van der Waals surface area contributed by atoms with Crippen LogP contribution in [0.5, 0.6) is 5.75 Å². The Morgan fingerprint density at radius 1 is 1.23 bits per heavy atom. The van der Waals surface area contributed by atoms with Crippen LogP contribution in [-0.4, -0.2) is 28.7 Å². The van der Waals surface area contributed by atoms with Gasteiger partial charge in [-0.1, -0.05) is 18.2 Å². The summed E-state index contributed by atoms with van der Waals surface area (Å²) in [6.45, 7) is 0. The van der Waals surface area contributed by atoms with E-state index in [0.29, 0.717) is 5.75 Å². The zero-order valence-electron chi connectivity index (χ0n) is 12.1. The molecule has 22 heavy (non-hydrogen) atoms. The first kappa shape index (κ1) is 14.1. The SMILES string of the molecule is COc1cn(-c2ccccc2)nc1C(=O)NNC(=O)C1CC1. The number of methoxy groups -OCH3 is 1. The van der Waals surface area contributed by atoms with Gasteiger partial charge >= 0.3 is 0 Å².